The minimum Gasteiger partial charge on any atom is -0.550 e. The first-order chi connectivity index (χ1) is 10.2. The van der Waals surface area contributed by atoms with Crippen LogP contribution in [0.4, 0.5) is 0 Å². The second-order valence-corrected chi connectivity index (χ2v) is 6.24. The van der Waals surface area contributed by atoms with Crippen LogP contribution < -0.4 is 56.5 Å². The van der Waals surface area contributed by atoms with E-state index in [4.69, 9.17) is 0 Å². The molecule has 4 heteroatoms. The average Bonchev–Trinajstić information content (AvgIpc) is 2.45. The van der Waals surface area contributed by atoms with E-state index in [1.807, 2.05) is 0 Å². The van der Waals surface area contributed by atoms with Crippen LogP contribution in [0, 0.1) is 0 Å². The van der Waals surface area contributed by atoms with Gasteiger partial charge in [-0.2, -0.15) is 0 Å². The van der Waals surface area contributed by atoms with Gasteiger partial charge in [-0.25, -0.2) is 0 Å². The van der Waals surface area contributed by atoms with E-state index < -0.39 is 5.97 Å². The van der Waals surface area contributed by atoms with Crippen LogP contribution in [0.15, 0.2) is 0 Å². The number of rotatable bonds is 16. The maximum absolute atomic E-state index is 10.2. The Balaban J connectivity index is 0. The summed E-state index contributed by atoms with van der Waals surface area (Å²) in [5.41, 5.74) is 0. The number of aliphatic hydroxyl groups excluding tert-OH is 1. The normalized spacial score (nSPS) is 11.9. The Labute approximate surface area is 180 Å². The molecular weight excluding hydrogens is 303 g/mol. The Morgan fingerprint density at radius 3 is 1.68 bits per heavy atom. The molecule has 0 aliphatic rings. The quantitative estimate of drug-likeness (QED) is 0.337. The van der Waals surface area contributed by atoms with Crippen molar-refractivity contribution in [2.24, 2.45) is 0 Å². The van der Waals surface area contributed by atoms with E-state index in [0.29, 0.717) is 0 Å². The van der Waals surface area contributed by atoms with Crippen molar-refractivity contribution in [2.45, 2.75) is 109 Å². The van der Waals surface area contributed by atoms with E-state index in [1.165, 1.54) is 51.4 Å². The second-order valence-electron chi connectivity index (χ2n) is 6.24. The van der Waals surface area contributed by atoms with E-state index in [2.05, 4.69) is 6.92 Å². The van der Waals surface area contributed by atoms with E-state index >= 15 is 0 Å². The zero-order valence-corrected chi connectivity index (χ0v) is 18.1. The van der Waals surface area contributed by atoms with Crippen molar-refractivity contribution in [3.05, 3.63) is 0 Å². The Morgan fingerprint density at radius 1 is 0.818 bits per heavy atom. The summed E-state index contributed by atoms with van der Waals surface area (Å²) >= 11 is 0. The van der Waals surface area contributed by atoms with Gasteiger partial charge >= 0.3 is 51.4 Å². The van der Waals surface area contributed by atoms with Crippen LogP contribution >= 0.6 is 0 Å². The van der Waals surface area contributed by atoms with Gasteiger partial charge in [0.25, 0.3) is 0 Å². The molecule has 0 aromatic heterocycles. The molecule has 22 heavy (non-hydrogen) atoms. The fraction of sp³-hybridized carbons (Fsp3) is 0.944. The van der Waals surface area contributed by atoms with Crippen molar-refractivity contribution in [1.82, 2.24) is 0 Å². The molecule has 0 aromatic carbocycles. The molecule has 0 spiro atoms. The molecule has 0 rings (SSSR count). The van der Waals surface area contributed by atoms with Gasteiger partial charge < -0.3 is 15.0 Å². The molecule has 0 saturated heterocycles. The van der Waals surface area contributed by atoms with Gasteiger partial charge in [0.1, 0.15) is 0 Å². The fourth-order valence-electron chi connectivity index (χ4n) is 2.66. The van der Waals surface area contributed by atoms with Crippen molar-refractivity contribution in [1.29, 1.82) is 0 Å². The first kappa shape index (κ1) is 25.3. The third-order valence-corrected chi connectivity index (χ3v) is 4.06. The largest absolute Gasteiger partial charge is 1.00 e. The minimum atomic E-state index is -0.928. The van der Waals surface area contributed by atoms with Crippen LogP contribution in [0.2, 0.25) is 0 Å². The van der Waals surface area contributed by atoms with Crippen LogP contribution in [0.25, 0.3) is 0 Å². The van der Waals surface area contributed by atoms with Gasteiger partial charge in [0, 0.05) is 5.97 Å². The standard InChI is InChI=1S/C18H36O3.K/c1-2-3-4-11-14-17(19)15-12-9-7-5-6-8-10-13-16-18(20)21;/h17,19H,2-16H2,1H3,(H,20,21);/q;+1/p-1/t17-;/m1./s1. The topological polar surface area (TPSA) is 60.4 Å². The molecule has 0 fully saturated rings. The van der Waals surface area contributed by atoms with Crippen LogP contribution in [0.3, 0.4) is 0 Å². The molecule has 1 N–H and O–H groups in total. The molecule has 0 amide bonds. The van der Waals surface area contributed by atoms with Gasteiger partial charge in [-0.05, 0) is 25.7 Å². The van der Waals surface area contributed by atoms with Crippen molar-refractivity contribution < 1.29 is 66.4 Å². The van der Waals surface area contributed by atoms with Crippen LogP contribution in [-0.2, 0) is 4.79 Å². The molecule has 0 unspecified atom stereocenters. The zero-order chi connectivity index (χ0) is 15.8. The predicted molar refractivity (Wildman–Crippen MR) is 85.9 cm³/mol. The van der Waals surface area contributed by atoms with Gasteiger partial charge in [-0.1, -0.05) is 77.6 Å². The minimum absolute atomic E-state index is 0. The molecular formula is C18H35KO3. The van der Waals surface area contributed by atoms with E-state index in [-0.39, 0.29) is 63.9 Å². The predicted octanol–water partition coefficient (Wildman–Crippen LogP) is 0.973. The smallest absolute Gasteiger partial charge is 0.550 e. The van der Waals surface area contributed by atoms with Crippen LogP contribution in [-0.4, -0.2) is 17.2 Å². The molecule has 3 nitrogen and oxygen atoms in total. The average molecular weight is 339 g/mol. The summed E-state index contributed by atoms with van der Waals surface area (Å²) in [6.07, 6.45) is 15.9. The number of hydrogen-bond acceptors (Lipinski definition) is 3. The Kier molecular flexibility index (Phi) is 23.1. The fourth-order valence-corrected chi connectivity index (χ4v) is 2.66. The van der Waals surface area contributed by atoms with Gasteiger partial charge in [-0.15, -0.1) is 0 Å². The number of carboxylic acids is 1. The van der Waals surface area contributed by atoms with Crippen molar-refractivity contribution in [3.63, 3.8) is 0 Å². The molecule has 0 aromatic rings. The number of carboxylic acid groups (broad SMARTS) is 1. The molecule has 126 valence electrons. The molecule has 0 aliphatic heterocycles. The first-order valence-electron chi connectivity index (χ1n) is 9.04. The number of hydrogen-bond donors (Lipinski definition) is 1. The van der Waals surface area contributed by atoms with Crippen molar-refractivity contribution >= 4 is 5.97 Å². The van der Waals surface area contributed by atoms with Crippen LogP contribution in [0.5, 0.6) is 0 Å². The summed E-state index contributed by atoms with van der Waals surface area (Å²) in [4.78, 5) is 10.2. The SMILES string of the molecule is CCCCCC[C@@H](O)CCCCCCCCCCC(=O)[O-].[K+]. The Hall–Kier alpha value is 1.07. The van der Waals surface area contributed by atoms with E-state index in [1.54, 1.807) is 0 Å². The summed E-state index contributed by atoms with van der Waals surface area (Å²) < 4.78 is 0. The third kappa shape index (κ3) is 21.1. The first-order valence-corrected chi connectivity index (χ1v) is 9.04. The number of aliphatic carboxylic acids is 1. The molecule has 0 saturated carbocycles. The molecule has 0 aliphatic carbocycles. The second kappa shape index (κ2) is 20.1. The molecule has 0 heterocycles. The van der Waals surface area contributed by atoms with Crippen LogP contribution in [0.1, 0.15) is 103 Å². The number of unbranched alkanes of at least 4 members (excludes halogenated alkanes) is 10. The van der Waals surface area contributed by atoms with Gasteiger partial charge in [0.05, 0.1) is 6.10 Å². The summed E-state index contributed by atoms with van der Waals surface area (Å²) in [7, 11) is 0. The summed E-state index contributed by atoms with van der Waals surface area (Å²) in [6, 6.07) is 0. The van der Waals surface area contributed by atoms with Gasteiger partial charge in [-0.3, -0.25) is 0 Å². The Morgan fingerprint density at radius 2 is 1.23 bits per heavy atom. The maximum atomic E-state index is 10.2. The summed E-state index contributed by atoms with van der Waals surface area (Å²) in [6.45, 7) is 2.21. The number of aliphatic hydroxyl groups is 1. The zero-order valence-electron chi connectivity index (χ0n) is 14.9. The third-order valence-electron chi connectivity index (χ3n) is 4.06. The van der Waals surface area contributed by atoms with E-state index in [9.17, 15) is 15.0 Å². The monoisotopic (exact) mass is 338 g/mol. The summed E-state index contributed by atoms with van der Waals surface area (Å²) in [5.74, 6) is -0.928. The van der Waals surface area contributed by atoms with Crippen molar-refractivity contribution in [3.8, 4) is 0 Å². The van der Waals surface area contributed by atoms with Gasteiger partial charge in [0.2, 0.25) is 0 Å². The Bertz CT molecular complexity index is 234. The number of carbonyl (C=O) groups is 1. The van der Waals surface area contributed by atoms with Crippen molar-refractivity contribution in [2.75, 3.05) is 0 Å². The number of carbonyl (C=O) groups excluding carboxylic acids is 1. The molecule has 1 atom stereocenters. The summed E-state index contributed by atoms with van der Waals surface area (Å²) in [5, 5.41) is 20.1. The van der Waals surface area contributed by atoms with E-state index in [0.717, 1.165) is 38.5 Å². The maximum Gasteiger partial charge on any atom is 1.00 e. The molecule has 0 radical (unpaired) electrons. The van der Waals surface area contributed by atoms with Gasteiger partial charge in [0.15, 0.2) is 0 Å². The molecule has 0 bridgehead atoms.